The van der Waals surface area contributed by atoms with Gasteiger partial charge in [0.25, 0.3) is 0 Å². The van der Waals surface area contributed by atoms with E-state index in [0.29, 0.717) is 5.75 Å². The average molecular weight is 484 g/mol. The van der Waals surface area contributed by atoms with Gasteiger partial charge < -0.3 is 5.32 Å². The molecule has 0 saturated heterocycles. The van der Waals surface area contributed by atoms with Crippen LogP contribution in [0.2, 0.25) is 0 Å². The number of aromatic nitrogens is 1. The van der Waals surface area contributed by atoms with Crippen LogP contribution in [0, 0.1) is 0 Å². The molecule has 0 fully saturated rings. The van der Waals surface area contributed by atoms with Crippen LogP contribution in [0.25, 0.3) is 11.3 Å². The molecule has 0 atom stereocenters. The Morgan fingerprint density at radius 1 is 1.04 bits per heavy atom. The lowest BCUT2D eigenvalue weighted by Crippen LogP contribution is -2.13. The molecule has 7 heteroatoms. The number of carbonyl (C=O) groups is 1. The maximum absolute atomic E-state index is 12.0. The first-order chi connectivity index (χ1) is 11.6. The number of nitrogens with zero attached hydrogens (tertiary/aromatic N) is 1. The van der Waals surface area contributed by atoms with Gasteiger partial charge in [0.15, 0.2) is 4.34 Å². The molecular formula is C17H12Br2N2OS2. The summed E-state index contributed by atoms with van der Waals surface area (Å²) in [5.41, 5.74) is 2.79. The lowest BCUT2D eigenvalue weighted by Gasteiger charge is -2.04. The van der Waals surface area contributed by atoms with Crippen molar-refractivity contribution < 1.29 is 4.79 Å². The molecule has 0 bridgehead atoms. The lowest BCUT2D eigenvalue weighted by molar-refractivity contribution is -0.113. The Balaban J connectivity index is 1.56. The predicted molar refractivity (Wildman–Crippen MR) is 109 cm³/mol. The van der Waals surface area contributed by atoms with Crippen molar-refractivity contribution in [1.82, 2.24) is 4.98 Å². The van der Waals surface area contributed by atoms with Crippen molar-refractivity contribution in [2.75, 3.05) is 11.1 Å². The Bertz CT molecular complexity index is 833. The highest BCUT2D eigenvalue weighted by Gasteiger charge is 2.08. The van der Waals surface area contributed by atoms with Gasteiger partial charge in [0.05, 0.1) is 11.4 Å². The SMILES string of the molecule is O=C(CSc1nc(-c2ccc(Br)cc2)cs1)Nc1ccc(Br)cc1. The molecule has 0 unspecified atom stereocenters. The summed E-state index contributed by atoms with van der Waals surface area (Å²) in [6, 6.07) is 15.5. The fraction of sp³-hybridized carbons (Fsp3) is 0.0588. The zero-order chi connectivity index (χ0) is 16.9. The number of hydrogen-bond donors (Lipinski definition) is 1. The third-order valence-corrected chi connectivity index (χ3v) is 6.16. The van der Waals surface area contributed by atoms with E-state index in [0.717, 1.165) is 30.2 Å². The fourth-order valence-electron chi connectivity index (χ4n) is 1.93. The Kier molecular flexibility index (Phi) is 6.10. The average Bonchev–Trinajstić information content (AvgIpc) is 3.05. The number of carbonyl (C=O) groups excluding carboxylic acids is 1. The van der Waals surface area contributed by atoms with Crippen molar-refractivity contribution >= 4 is 66.6 Å². The minimum atomic E-state index is -0.0392. The van der Waals surface area contributed by atoms with Crippen LogP contribution < -0.4 is 5.32 Å². The third-order valence-electron chi connectivity index (χ3n) is 3.08. The molecule has 1 amide bonds. The van der Waals surface area contributed by atoms with Gasteiger partial charge >= 0.3 is 0 Å². The van der Waals surface area contributed by atoms with Gasteiger partial charge in [-0.05, 0) is 36.4 Å². The highest BCUT2D eigenvalue weighted by Crippen LogP contribution is 2.29. The quantitative estimate of drug-likeness (QED) is 0.448. The Morgan fingerprint density at radius 3 is 2.33 bits per heavy atom. The van der Waals surface area contributed by atoms with Gasteiger partial charge in [0.1, 0.15) is 0 Å². The largest absolute Gasteiger partial charge is 0.325 e. The van der Waals surface area contributed by atoms with E-state index in [1.54, 1.807) is 11.3 Å². The van der Waals surface area contributed by atoms with Crippen molar-refractivity contribution in [3.63, 3.8) is 0 Å². The molecule has 0 spiro atoms. The van der Waals surface area contributed by atoms with Gasteiger partial charge in [-0.2, -0.15) is 0 Å². The van der Waals surface area contributed by atoms with Crippen LogP contribution in [-0.4, -0.2) is 16.6 Å². The Labute approximate surface area is 165 Å². The minimum Gasteiger partial charge on any atom is -0.325 e. The molecule has 1 aromatic heterocycles. The summed E-state index contributed by atoms with van der Waals surface area (Å²) in [4.78, 5) is 16.6. The van der Waals surface area contributed by atoms with Gasteiger partial charge in [-0.3, -0.25) is 4.79 Å². The Hall–Kier alpha value is -1.15. The fourth-order valence-corrected chi connectivity index (χ4v) is 4.10. The number of nitrogens with one attached hydrogen (secondary N) is 1. The molecule has 0 aliphatic carbocycles. The normalized spacial score (nSPS) is 10.6. The second-order valence-electron chi connectivity index (χ2n) is 4.85. The van der Waals surface area contributed by atoms with Gasteiger partial charge in [0.2, 0.25) is 5.91 Å². The molecule has 1 N–H and O–H groups in total. The van der Waals surface area contributed by atoms with Gasteiger partial charge in [0, 0.05) is 25.6 Å². The van der Waals surface area contributed by atoms with Crippen molar-refractivity contribution in [2.24, 2.45) is 0 Å². The zero-order valence-electron chi connectivity index (χ0n) is 12.3. The monoisotopic (exact) mass is 482 g/mol. The summed E-state index contributed by atoms with van der Waals surface area (Å²) in [5, 5.41) is 4.89. The number of halogens is 2. The van der Waals surface area contributed by atoms with Gasteiger partial charge in [-0.25, -0.2) is 4.98 Å². The number of benzene rings is 2. The standard InChI is InChI=1S/C17H12Br2N2OS2/c18-12-3-1-11(2-4-12)15-9-23-17(21-15)24-10-16(22)20-14-7-5-13(19)6-8-14/h1-9H,10H2,(H,20,22). The van der Waals surface area contributed by atoms with Gasteiger partial charge in [-0.1, -0.05) is 55.8 Å². The Morgan fingerprint density at radius 2 is 1.67 bits per heavy atom. The van der Waals surface area contributed by atoms with Crippen LogP contribution in [0.15, 0.2) is 67.2 Å². The molecule has 24 heavy (non-hydrogen) atoms. The number of thioether (sulfide) groups is 1. The molecular weight excluding hydrogens is 472 g/mol. The summed E-state index contributed by atoms with van der Waals surface area (Å²) in [6.07, 6.45) is 0. The van der Waals surface area contributed by atoms with Crippen molar-refractivity contribution in [3.8, 4) is 11.3 Å². The van der Waals surface area contributed by atoms with E-state index in [4.69, 9.17) is 0 Å². The van der Waals surface area contributed by atoms with E-state index in [-0.39, 0.29) is 5.91 Å². The second kappa shape index (κ2) is 8.29. The van der Waals surface area contributed by atoms with E-state index in [1.807, 2.05) is 53.9 Å². The highest BCUT2D eigenvalue weighted by atomic mass is 79.9. The summed E-state index contributed by atoms with van der Waals surface area (Å²) in [5.74, 6) is 0.298. The molecule has 122 valence electrons. The predicted octanol–water partition coefficient (Wildman–Crippen LogP) is 6.07. The number of hydrogen-bond acceptors (Lipinski definition) is 4. The summed E-state index contributed by atoms with van der Waals surface area (Å²) in [6.45, 7) is 0. The first-order valence-corrected chi connectivity index (χ1v) is 10.4. The van der Waals surface area contributed by atoms with Crippen molar-refractivity contribution in [1.29, 1.82) is 0 Å². The minimum absolute atomic E-state index is 0.0392. The topological polar surface area (TPSA) is 42.0 Å². The first kappa shape index (κ1) is 17.7. The van der Waals surface area contributed by atoms with Crippen molar-refractivity contribution in [3.05, 3.63) is 62.9 Å². The first-order valence-electron chi connectivity index (χ1n) is 7.00. The van der Waals surface area contributed by atoms with Gasteiger partial charge in [-0.15, -0.1) is 11.3 Å². The molecule has 0 aliphatic heterocycles. The molecule has 0 saturated carbocycles. The molecule has 1 heterocycles. The lowest BCUT2D eigenvalue weighted by atomic mass is 10.2. The smallest absolute Gasteiger partial charge is 0.234 e. The third kappa shape index (κ3) is 4.92. The highest BCUT2D eigenvalue weighted by molar-refractivity contribution is 9.10. The number of thiazole rings is 1. The molecule has 3 rings (SSSR count). The zero-order valence-corrected chi connectivity index (χ0v) is 17.1. The maximum atomic E-state index is 12.0. The van der Waals surface area contributed by atoms with Crippen LogP contribution in [0.3, 0.4) is 0 Å². The van der Waals surface area contributed by atoms with Crippen LogP contribution in [0.4, 0.5) is 5.69 Å². The summed E-state index contributed by atoms with van der Waals surface area (Å²) < 4.78 is 2.91. The van der Waals surface area contributed by atoms with Crippen LogP contribution >= 0.6 is 55.0 Å². The molecule has 3 aromatic rings. The molecule has 0 aliphatic rings. The van der Waals surface area contributed by atoms with E-state index in [2.05, 4.69) is 42.2 Å². The number of anilines is 1. The molecule has 3 nitrogen and oxygen atoms in total. The van der Waals surface area contributed by atoms with Crippen LogP contribution in [-0.2, 0) is 4.79 Å². The number of amides is 1. The van der Waals surface area contributed by atoms with E-state index < -0.39 is 0 Å². The van der Waals surface area contributed by atoms with E-state index in [1.165, 1.54) is 11.8 Å². The van der Waals surface area contributed by atoms with Crippen molar-refractivity contribution in [2.45, 2.75) is 4.34 Å². The van der Waals surface area contributed by atoms with E-state index in [9.17, 15) is 4.79 Å². The second-order valence-corrected chi connectivity index (χ2v) is 8.76. The molecule has 0 radical (unpaired) electrons. The van der Waals surface area contributed by atoms with Crippen LogP contribution in [0.5, 0.6) is 0 Å². The van der Waals surface area contributed by atoms with Crippen LogP contribution in [0.1, 0.15) is 0 Å². The maximum Gasteiger partial charge on any atom is 0.234 e. The number of rotatable bonds is 5. The molecule has 2 aromatic carbocycles. The van der Waals surface area contributed by atoms with E-state index >= 15 is 0 Å². The summed E-state index contributed by atoms with van der Waals surface area (Å²) >= 11 is 9.80. The summed E-state index contributed by atoms with van der Waals surface area (Å²) in [7, 11) is 0.